The monoisotopic (exact) mass is 314 g/mol. The van der Waals surface area contributed by atoms with Crippen molar-refractivity contribution >= 4 is 17.3 Å². The van der Waals surface area contributed by atoms with Gasteiger partial charge in [-0.15, -0.1) is 5.10 Å². The van der Waals surface area contributed by atoms with Crippen LogP contribution in [0.4, 0.5) is 11.4 Å². The number of benzene rings is 1. The molecule has 3 rings (SSSR count). The third-order valence-electron chi connectivity index (χ3n) is 3.97. The number of amides is 1. The second-order valence-corrected chi connectivity index (χ2v) is 6.85. The fourth-order valence-corrected chi connectivity index (χ4v) is 2.59. The van der Waals surface area contributed by atoms with Crippen LogP contribution in [0.1, 0.15) is 33.6 Å². The second kappa shape index (κ2) is 5.98. The zero-order valence-electron chi connectivity index (χ0n) is 13.8. The van der Waals surface area contributed by atoms with Gasteiger partial charge >= 0.3 is 0 Å². The Morgan fingerprint density at radius 1 is 1.22 bits per heavy atom. The van der Waals surface area contributed by atoms with E-state index in [1.54, 1.807) is 11.0 Å². The van der Waals surface area contributed by atoms with Crippen molar-refractivity contribution in [2.75, 3.05) is 23.3 Å². The summed E-state index contributed by atoms with van der Waals surface area (Å²) < 4.78 is 1.58. The van der Waals surface area contributed by atoms with Gasteiger partial charge in [-0.25, -0.2) is 4.68 Å². The average Bonchev–Trinajstić information content (AvgIpc) is 3.20. The number of carbonyl (C=O) groups excluding carboxylic acids is 1. The molecule has 122 valence electrons. The lowest BCUT2D eigenvalue weighted by molar-refractivity contribution is -0.123. The molecule has 0 aliphatic carbocycles. The van der Waals surface area contributed by atoms with Gasteiger partial charge in [0.05, 0.1) is 17.1 Å². The molecule has 0 radical (unpaired) electrons. The number of nitrogens with one attached hydrogen (secondary N) is 1. The first kappa shape index (κ1) is 15.5. The number of tetrazole rings is 1. The van der Waals surface area contributed by atoms with E-state index >= 15 is 0 Å². The highest BCUT2D eigenvalue weighted by molar-refractivity contribution is 5.97. The van der Waals surface area contributed by atoms with Crippen LogP contribution in [0, 0.1) is 5.41 Å². The summed E-state index contributed by atoms with van der Waals surface area (Å²) in [4.78, 5) is 14.7. The summed E-state index contributed by atoms with van der Waals surface area (Å²) in [6, 6.07) is 5.92. The van der Waals surface area contributed by atoms with Crippen LogP contribution in [0.15, 0.2) is 24.5 Å². The molecule has 2 aromatic rings. The lowest BCUT2D eigenvalue weighted by Crippen LogP contribution is -2.29. The van der Waals surface area contributed by atoms with Crippen molar-refractivity contribution in [3.8, 4) is 5.69 Å². The Morgan fingerprint density at radius 3 is 2.57 bits per heavy atom. The van der Waals surface area contributed by atoms with E-state index in [2.05, 4.69) is 25.7 Å². The third kappa shape index (κ3) is 3.33. The number of nitrogens with zero attached hydrogens (tertiary/aromatic N) is 5. The fourth-order valence-electron chi connectivity index (χ4n) is 2.59. The molecule has 2 heterocycles. The molecule has 7 heteroatoms. The molecule has 1 aromatic heterocycles. The summed E-state index contributed by atoms with van der Waals surface area (Å²) in [6.07, 6.45) is 3.91. The Labute approximate surface area is 135 Å². The Morgan fingerprint density at radius 2 is 1.96 bits per heavy atom. The number of rotatable bonds is 3. The molecule has 1 N–H and O–H groups in total. The molecular weight excluding hydrogens is 292 g/mol. The summed E-state index contributed by atoms with van der Waals surface area (Å²) in [6.45, 7) is 7.75. The van der Waals surface area contributed by atoms with E-state index in [0.29, 0.717) is 0 Å². The lowest BCUT2D eigenvalue weighted by atomic mass is 9.95. The molecule has 1 aromatic carbocycles. The van der Waals surface area contributed by atoms with Crippen LogP contribution in [0.5, 0.6) is 0 Å². The zero-order valence-corrected chi connectivity index (χ0v) is 13.8. The van der Waals surface area contributed by atoms with Crippen molar-refractivity contribution in [2.45, 2.75) is 33.6 Å². The van der Waals surface area contributed by atoms with E-state index in [0.717, 1.165) is 30.2 Å². The fraction of sp³-hybridized carbons (Fsp3) is 0.500. The van der Waals surface area contributed by atoms with Crippen LogP contribution < -0.4 is 10.2 Å². The molecule has 23 heavy (non-hydrogen) atoms. The van der Waals surface area contributed by atoms with Gasteiger partial charge in [-0.1, -0.05) is 20.8 Å². The van der Waals surface area contributed by atoms with Crippen molar-refractivity contribution in [1.82, 2.24) is 20.2 Å². The van der Waals surface area contributed by atoms with Crippen molar-refractivity contribution in [1.29, 1.82) is 0 Å². The highest BCUT2D eigenvalue weighted by atomic mass is 16.2. The standard InChI is InChI=1S/C16H22N6O/c1-16(2,3)15(23)18-13-10-12(22-11-17-19-20-22)6-7-14(13)21-8-4-5-9-21/h6-7,10-11H,4-5,8-9H2,1-3H3,(H,18,23). The van der Waals surface area contributed by atoms with Gasteiger partial charge in [0.15, 0.2) is 0 Å². The molecule has 1 saturated heterocycles. The van der Waals surface area contributed by atoms with Crippen molar-refractivity contribution < 1.29 is 4.79 Å². The number of aromatic nitrogens is 4. The highest BCUT2D eigenvalue weighted by Gasteiger charge is 2.24. The van der Waals surface area contributed by atoms with Crippen molar-refractivity contribution in [3.05, 3.63) is 24.5 Å². The van der Waals surface area contributed by atoms with Gasteiger partial charge in [0.25, 0.3) is 0 Å². The average molecular weight is 314 g/mol. The van der Waals surface area contributed by atoms with Crippen molar-refractivity contribution in [2.24, 2.45) is 5.41 Å². The van der Waals surface area contributed by atoms with Gasteiger partial charge in [-0.3, -0.25) is 4.79 Å². The van der Waals surface area contributed by atoms with Gasteiger partial charge in [0.1, 0.15) is 6.33 Å². The normalized spacial score (nSPS) is 15.0. The van der Waals surface area contributed by atoms with Gasteiger partial charge in [-0.2, -0.15) is 0 Å². The number of hydrogen-bond donors (Lipinski definition) is 1. The topological polar surface area (TPSA) is 75.9 Å². The molecule has 7 nitrogen and oxygen atoms in total. The van der Waals surface area contributed by atoms with E-state index in [4.69, 9.17) is 0 Å². The minimum atomic E-state index is -0.451. The van der Waals surface area contributed by atoms with E-state index in [-0.39, 0.29) is 5.91 Å². The van der Waals surface area contributed by atoms with Crippen LogP contribution in [-0.2, 0) is 4.79 Å². The summed E-state index contributed by atoms with van der Waals surface area (Å²) in [5.74, 6) is -0.00758. The Bertz CT molecular complexity index is 683. The quantitative estimate of drug-likeness (QED) is 0.940. The molecule has 1 aliphatic heterocycles. The first-order chi connectivity index (χ1) is 10.9. The van der Waals surface area contributed by atoms with E-state index in [1.807, 2.05) is 39.0 Å². The first-order valence-electron chi connectivity index (χ1n) is 7.89. The largest absolute Gasteiger partial charge is 0.370 e. The maximum atomic E-state index is 12.4. The third-order valence-corrected chi connectivity index (χ3v) is 3.97. The van der Waals surface area contributed by atoms with Crippen LogP contribution in [0.2, 0.25) is 0 Å². The first-order valence-corrected chi connectivity index (χ1v) is 7.89. The van der Waals surface area contributed by atoms with Crippen LogP contribution in [0.3, 0.4) is 0 Å². The molecule has 0 atom stereocenters. The zero-order chi connectivity index (χ0) is 16.4. The molecule has 1 fully saturated rings. The van der Waals surface area contributed by atoms with Crippen LogP contribution in [0.25, 0.3) is 5.69 Å². The molecule has 0 spiro atoms. The summed E-state index contributed by atoms with van der Waals surface area (Å²) >= 11 is 0. The Hall–Kier alpha value is -2.44. The van der Waals surface area contributed by atoms with E-state index in [9.17, 15) is 4.79 Å². The molecule has 0 saturated carbocycles. The minimum absolute atomic E-state index is 0.00758. The molecular formula is C16H22N6O. The SMILES string of the molecule is CC(C)(C)C(=O)Nc1cc(-n2cnnn2)ccc1N1CCCC1. The van der Waals surface area contributed by atoms with Crippen molar-refractivity contribution in [3.63, 3.8) is 0 Å². The van der Waals surface area contributed by atoms with Crippen LogP contribution in [-0.4, -0.2) is 39.2 Å². The van der Waals surface area contributed by atoms with Gasteiger partial charge < -0.3 is 10.2 Å². The number of anilines is 2. The molecule has 0 unspecified atom stereocenters. The molecule has 1 aliphatic rings. The highest BCUT2D eigenvalue weighted by Crippen LogP contribution is 2.32. The maximum absolute atomic E-state index is 12.4. The second-order valence-electron chi connectivity index (χ2n) is 6.85. The predicted octanol–water partition coefficient (Wildman–Crippen LogP) is 2.25. The van der Waals surface area contributed by atoms with E-state index < -0.39 is 5.41 Å². The smallest absolute Gasteiger partial charge is 0.229 e. The summed E-state index contributed by atoms with van der Waals surface area (Å²) in [5.41, 5.74) is 2.23. The van der Waals surface area contributed by atoms with Crippen LogP contribution >= 0.6 is 0 Å². The molecule has 1 amide bonds. The van der Waals surface area contributed by atoms with Gasteiger partial charge in [0.2, 0.25) is 5.91 Å². The Kier molecular flexibility index (Phi) is 4.02. The van der Waals surface area contributed by atoms with Gasteiger partial charge in [0, 0.05) is 18.5 Å². The minimum Gasteiger partial charge on any atom is -0.370 e. The van der Waals surface area contributed by atoms with Gasteiger partial charge in [-0.05, 0) is 41.5 Å². The number of hydrogen-bond acceptors (Lipinski definition) is 5. The molecule has 0 bridgehead atoms. The predicted molar refractivity (Wildman–Crippen MR) is 88.7 cm³/mol. The summed E-state index contributed by atoms with van der Waals surface area (Å²) in [5, 5.41) is 14.3. The number of carbonyl (C=O) groups is 1. The van der Waals surface area contributed by atoms with E-state index in [1.165, 1.54) is 12.8 Å². The Balaban J connectivity index is 1.97. The summed E-state index contributed by atoms with van der Waals surface area (Å²) in [7, 11) is 0. The lowest BCUT2D eigenvalue weighted by Gasteiger charge is -2.24. The maximum Gasteiger partial charge on any atom is 0.229 e.